The van der Waals surface area contributed by atoms with E-state index in [2.05, 4.69) is 15.3 Å². The summed E-state index contributed by atoms with van der Waals surface area (Å²) < 4.78 is 0. The van der Waals surface area contributed by atoms with E-state index >= 15 is 0 Å². The zero-order chi connectivity index (χ0) is 17.4. The Hall–Kier alpha value is -2.92. The van der Waals surface area contributed by atoms with Gasteiger partial charge < -0.3 is 10.4 Å². The van der Waals surface area contributed by atoms with Crippen LogP contribution in [-0.2, 0) is 11.2 Å². The molecule has 1 aliphatic carbocycles. The Morgan fingerprint density at radius 1 is 1.20 bits per heavy atom. The maximum Gasteiger partial charge on any atom is 0.331 e. The van der Waals surface area contributed by atoms with Crippen molar-refractivity contribution in [1.82, 2.24) is 9.97 Å². The number of anilines is 2. The topological polar surface area (TPSA) is 75.1 Å². The summed E-state index contributed by atoms with van der Waals surface area (Å²) in [4.78, 5) is 20.2. The number of carboxylic acids is 1. The molecule has 0 atom stereocenters. The smallest absolute Gasteiger partial charge is 0.331 e. The van der Waals surface area contributed by atoms with Gasteiger partial charge in [-0.05, 0) is 48.7 Å². The summed E-state index contributed by atoms with van der Waals surface area (Å²) in [7, 11) is 0. The van der Waals surface area contributed by atoms with E-state index in [9.17, 15) is 9.90 Å². The van der Waals surface area contributed by atoms with Crippen molar-refractivity contribution in [3.63, 3.8) is 0 Å². The molecule has 4 rings (SSSR count). The van der Waals surface area contributed by atoms with Gasteiger partial charge in [0.1, 0.15) is 5.82 Å². The van der Waals surface area contributed by atoms with Crippen LogP contribution < -0.4 is 5.32 Å². The molecule has 3 aromatic rings. The second kappa shape index (κ2) is 6.18. The first-order valence-corrected chi connectivity index (χ1v) is 8.22. The highest BCUT2D eigenvalue weighted by Gasteiger charge is 2.20. The molecule has 0 saturated heterocycles. The molecule has 6 heteroatoms. The van der Waals surface area contributed by atoms with Gasteiger partial charge in [0.15, 0.2) is 0 Å². The predicted molar refractivity (Wildman–Crippen MR) is 98.2 cm³/mol. The van der Waals surface area contributed by atoms with Crippen LogP contribution in [0.3, 0.4) is 0 Å². The highest BCUT2D eigenvalue weighted by molar-refractivity contribution is 6.30. The van der Waals surface area contributed by atoms with Gasteiger partial charge in [-0.1, -0.05) is 17.7 Å². The number of aromatic nitrogens is 2. The summed E-state index contributed by atoms with van der Waals surface area (Å²) in [5, 5.41) is 15.1. The molecule has 1 aromatic carbocycles. The molecular formula is C19H14ClN3O2. The van der Waals surface area contributed by atoms with E-state index in [4.69, 9.17) is 11.6 Å². The molecule has 2 N–H and O–H groups in total. The monoisotopic (exact) mass is 351 g/mol. The van der Waals surface area contributed by atoms with Crippen molar-refractivity contribution in [1.29, 1.82) is 0 Å². The molecule has 1 aliphatic rings. The molecule has 0 amide bonds. The molecule has 2 aromatic heterocycles. The van der Waals surface area contributed by atoms with Crippen LogP contribution in [0, 0.1) is 0 Å². The summed E-state index contributed by atoms with van der Waals surface area (Å²) in [5.41, 5.74) is 2.90. The summed E-state index contributed by atoms with van der Waals surface area (Å²) in [6.07, 6.45) is 6.31. The fourth-order valence-electron chi connectivity index (χ4n) is 3.07. The molecule has 0 fully saturated rings. The van der Waals surface area contributed by atoms with E-state index in [1.165, 1.54) is 0 Å². The van der Waals surface area contributed by atoms with E-state index in [0.29, 0.717) is 34.9 Å². The number of carboxylic acid groups (broad SMARTS) is 1. The number of nitrogens with zero attached hydrogens (tertiary/aromatic N) is 2. The number of pyridine rings is 2. The number of benzene rings is 1. The Bertz CT molecular complexity index is 1030. The first-order chi connectivity index (χ1) is 12.1. The van der Waals surface area contributed by atoms with Crippen molar-refractivity contribution in [3.05, 3.63) is 64.6 Å². The number of hydrogen-bond acceptors (Lipinski definition) is 4. The molecule has 0 spiro atoms. The Morgan fingerprint density at radius 2 is 2.08 bits per heavy atom. The summed E-state index contributed by atoms with van der Waals surface area (Å²) in [5.74, 6) is -0.246. The van der Waals surface area contributed by atoms with Gasteiger partial charge >= 0.3 is 5.97 Å². The first-order valence-electron chi connectivity index (χ1n) is 7.85. The third-order valence-corrected chi connectivity index (χ3v) is 4.50. The second-order valence-corrected chi connectivity index (χ2v) is 6.29. The largest absolute Gasteiger partial charge is 0.478 e. The van der Waals surface area contributed by atoms with Gasteiger partial charge in [0.2, 0.25) is 0 Å². The van der Waals surface area contributed by atoms with Crippen molar-refractivity contribution in [3.8, 4) is 0 Å². The third-order valence-electron chi connectivity index (χ3n) is 4.26. The zero-order valence-electron chi connectivity index (χ0n) is 13.2. The van der Waals surface area contributed by atoms with E-state index < -0.39 is 5.97 Å². The summed E-state index contributed by atoms with van der Waals surface area (Å²) in [6, 6.07) is 9.28. The average Bonchev–Trinajstić information content (AvgIpc) is 2.61. The minimum atomic E-state index is -0.900. The second-order valence-electron chi connectivity index (χ2n) is 5.86. The molecule has 25 heavy (non-hydrogen) atoms. The predicted octanol–water partition coefficient (Wildman–Crippen LogP) is 4.44. The number of carbonyl (C=O) groups is 1. The molecule has 0 saturated carbocycles. The van der Waals surface area contributed by atoms with Crippen LogP contribution in [0.4, 0.5) is 11.5 Å². The van der Waals surface area contributed by atoms with Gasteiger partial charge in [0.05, 0.1) is 5.69 Å². The average molecular weight is 352 g/mol. The zero-order valence-corrected chi connectivity index (χ0v) is 13.9. The van der Waals surface area contributed by atoms with Crippen molar-refractivity contribution in [2.75, 3.05) is 5.32 Å². The van der Waals surface area contributed by atoms with Gasteiger partial charge in [0, 0.05) is 39.4 Å². The Morgan fingerprint density at radius 3 is 2.88 bits per heavy atom. The standard InChI is InChI=1S/C19H14ClN3O2/c20-12-2-1-3-13(9-12)22-18-15-6-7-21-10-16(15)14-5-4-11(19(24)25)8-17(14)23-18/h1-3,6-10H,4-5H2,(H,22,23)(H,24,25). The lowest BCUT2D eigenvalue weighted by molar-refractivity contribution is -0.132. The number of hydrogen-bond donors (Lipinski definition) is 2. The minimum absolute atomic E-state index is 0.372. The van der Waals surface area contributed by atoms with Crippen LogP contribution in [0.5, 0.6) is 0 Å². The van der Waals surface area contributed by atoms with E-state index in [1.54, 1.807) is 24.5 Å². The molecular weight excluding hydrogens is 338 g/mol. The fourth-order valence-corrected chi connectivity index (χ4v) is 3.26. The van der Waals surface area contributed by atoms with Crippen LogP contribution >= 0.6 is 11.6 Å². The van der Waals surface area contributed by atoms with Crippen LogP contribution in [0.15, 0.2) is 48.3 Å². The number of halogens is 1. The van der Waals surface area contributed by atoms with Crippen LogP contribution in [0.2, 0.25) is 5.02 Å². The lowest BCUT2D eigenvalue weighted by Crippen LogP contribution is -2.10. The fraction of sp³-hybridized carbons (Fsp3) is 0.105. The molecule has 124 valence electrons. The highest BCUT2D eigenvalue weighted by atomic mass is 35.5. The third kappa shape index (κ3) is 2.94. The van der Waals surface area contributed by atoms with Crippen molar-refractivity contribution in [2.24, 2.45) is 0 Å². The molecule has 5 nitrogen and oxygen atoms in total. The minimum Gasteiger partial charge on any atom is -0.478 e. The molecule has 0 bridgehead atoms. The quantitative estimate of drug-likeness (QED) is 0.729. The van der Waals surface area contributed by atoms with Gasteiger partial charge in [-0.15, -0.1) is 0 Å². The number of aliphatic carboxylic acids is 1. The molecule has 2 heterocycles. The van der Waals surface area contributed by atoms with Crippen LogP contribution in [0.25, 0.3) is 16.8 Å². The summed E-state index contributed by atoms with van der Waals surface area (Å²) >= 11 is 6.05. The summed E-state index contributed by atoms with van der Waals surface area (Å²) in [6.45, 7) is 0. The van der Waals surface area contributed by atoms with E-state index in [-0.39, 0.29) is 0 Å². The Balaban J connectivity index is 1.89. The maximum atomic E-state index is 11.3. The SMILES string of the molecule is O=C(O)C1=Cc2nc(Nc3cccc(Cl)c3)c3ccncc3c2CC1. The van der Waals surface area contributed by atoms with Gasteiger partial charge in [-0.3, -0.25) is 4.98 Å². The van der Waals surface area contributed by atoms with Gasteiger partial charge in [-0.25, -0.2) is 9.78 Å². The van der Waals surface area contributed by atoms with Crippen molar-refractivity contribution < 1.29 is 9.90 Å². The van der Waals surface area contributed by atoms with E-state index in [0.717, 1.165) is 22.0 Å². The Kier molecular flexibility index (Phi) is 3.86. The molecule has 0 unspecified atom stereocenters. The molecule has 0 radical (unpaired) electrons. The molecule has 0 aliphatic heterocycles. The lowest BCUT2D eigenvalue weighted by atomic mass is 9.92. The normalized spacial score (nSPS) is 13.2. The highest BCUT2D eigenvalue weighted by Crippen LogP contribution is 2.34. The van der Waals surface area contributed by atoms with Gasteiger partial charge in [-0.2, -0.15) is 0 Å². The number of aryl methyl sites for hydroxylation is 1. The van der Waals surface area contributed by atoms with Crippen molar-refractivity contribution >= 4 is 45.9 Å². The number of fused-ring (bicyclic) bond motifs is 3. The number of rotatable bonds is 3. The van der Waals surface area contributed by atoms with Crippen LogP contribution in [0.1, 0.15) is 17.7 Å². The van der Waals surface area contributed by atoms with Gasteiger partial charge in [0.25, 0.3) is 0 Å². The van der Waals surface area contributed by atoms with E-state index in [1.807, 2.05) is 24.3 Å². The number of nitrogens with one attached hydrogen (secondary N) is 1. The first kappa shape index (κ1) is 15.6. The van der Waals surface area contributed by atoms with Crippen molar-refractivity contribution in [2.45, 2.75) is 12.8 Å². The Labute approximate surface area is 149 Å². The maximum absolute atomic E-state index is 11.3. The lowest BCUT2D eigenvalue weighted by Gasteiger charge is -2.18. The van der Waals surface area contributed by atoms with Crippen LogP contribution in [-0.4, -0.2) is 21.0 Å².